The van der Waals surface area contributed by atoms with Gasteiger partial charge in [-0.1, -0.05) is 6.07 Å². The van der Waals surface area contributed by atoms with Crippen LogP contribution in [-0.2, 0) is 0 Å². The van der Waals surface area contributed by atoms with Gasteiger partial charge in [0.25, 0.3) is 0 Å². The molecular formula is C13H11F2N3O2. The van der Waals surface area contributed by atoms with E-state index in [0.29, 0.717) is 5.69 Å². The molecule has 0 radical (unpaired) electrons. The lowest BCUT2D eigenvalue weighted by Crippen LogP contribution is -2.01. The fourth-order valence-corrected chi connectivity index (χ4v) is 1.82. The van der Waals surface area contributed by atoms with Gasteiger partial charge in [-0.2, -0.15) is 0 Å². The lowest BCUT2D eigenvalue weighted by molar-refractivity contribution is -0.383. The fourth-order valence-electron chi connectivity index (χ4n) is 1.82. The maximum Gasteiger partial charge on any atom is 0.315 e. The van der Waals surface area contributed by atoms with Crippen LogP contribution in [0.3, 0.4) is 0 Å². The molecule has 20 heavy (non-hydrogen) atoms. The van der Waals surface area contributed by atoms with Crippen molar-refractivity contribution in [3.8, 4) is 0 Å². The van der Waals surface area contributed by atoms with E-state index in [4.69, 9.17) is 0 Å². The SMILES string of the molecule is CNc1cccc(Nc2cc(F)cc(F)c2)c1[N+](=O)[O-]. The third-order valence-electron chi connectivity index (χ3n) is 2.63. The maximum absolute atomic E-state index is 13.1. The van der Waals surface area contributed by atoms with E-state index in [9.17, 15) is 18.9 Å². The van der Waals surface area contributed by atoms with Gasteiger partial charge in [-0.15, -0.1) is 0 Å². The van der Waals surface area contributed by atoms with Crippen molar-refractivity contribution in [1.82, 2.24) is 0 Å². The molecule has 7 heteroatoms. The molecule has 2 aromatic rings. The van der Waals surface area contributed by atoms with Crippen LogP contribution >= 0.6 is 0 Å². The van der Waals surface area contributed by atoms with Crippen molar-refractivity contribution in [1.29, 1.82) is 0 Å². The first-order valence-corrected chi connectivity index (χ1v) is 5.69. The van der Waals surface area contributed by atoms with Crippen LogP contribution in [0.4, 0.5) is 31.5 Å². The Hall–Kier alpha value is -2.70. The number of para-hydroxylation sites is 1. The molecule has 0 bridgehead atoms. The fraction of sp³-hybridized carbons (Fsp3) is 0.0769. The maximum atomic E-state index is 13.1. The molecule has 0 aliphatic rings. The Labute approximate surface area is 113 Å². The van der Waals surface area contributed by atoms with Crippen LogP contribution in [0, 0.1) is 21.7 Å². The normalized spacial score (nSPS) is 10.2. The van der Waals surface area contributed by atoms with Gasteiger partial charge in [-0.05, 0) is 24.3 Å². The van der Waals surface area contributed by atoms with Crippen molar-refractivity contribution >= 4 is 22.7 Å². The van der Waals surface area contributed by atoms with Crippen LogP contribution in [0.25, 0.3) is 0 Å². The minimum absolute atomic E-state index is 0.0962. The van der Waals surface area contributed by atoms with Crippen LogP contribution in [0.5, 0.6) is 0 Å². The van der Waals surface area contributed by atoms with Crippen molar-refractivity contribution in [3.05, 3.63) is 58.1 Å². The molecule has 0 spiro atoms. The van der Waals surface area contributed by atoms with Gasteiger partial charge in [0.15, 0.2) is 0 Å². The highest BCUT2D eigenvalue weighted by molar-refractivity contribution is 5.79. The summed E-state index contributed by atoms with van der Waals surface area (Å²) in [4.78, 5) is 10.5. The zero-order valence-corrected chi connectivity index (χ0v) is 10.5. The van der Waals surface area contributed by atoms with E-state index in [2.05, 4.69) is 10.6 Å². The summed E-state index contributed by atoms with van der Waals surface area (Å²) in [5.74, 6) is -1.53. The van der Waals surface area contributed by atoms with Gasteiger partial charge in [0.1, 0.15) is 23.0 Å². The van der Waals surface area contributed by atoms with E-state index in [1.54, 1.807) is 13.1 Å². The summed E-state index contributed by atoms with van der Waals surface area (Å²) in [5.41, 5.74) is 0.349. The average molecular weight is 279 g/mol. The summed E-state index contributed by atoms with van der Waals surface area (Å²) >= 11 is 0. The highest BCUT2D eigenvalue weighted by Crippen LogP contribution is 2.34. The number of nitrogens with one attached hydrogen (secondary N) is 2. The number of nitro benzene ring substituents is 1. The molecule has 0 atom stereocenters. The van der Waals surface area contributed by atoms with Crippen molar-refractivity contribution in [3.63, 3.8) is 0 Å². The molecule has 0 saturated heterocycles. The van der Waals surface area contributed by atoms with Crippen LogP contribution in [0.1, 0.15) is 0 Å². The predicted molar refractivity (Wildman–Crippen MR) is 72.3 cm³/mol. The summed E-state index contributed by atoms with van der Waals surface area (Å²) in [7, 11) is 1.55. The van der Waals surface area contributed by atoms with E-state index >= 15 is 0 Å². The van der Waals surface area contributed by atoms with Crippen molar-refractivity contribution in [2.75, 3.05) is 17.7 Å². The number of benzene rings is 2. The first-order valence-electron chi connectivity index (χ1n) is 5.69. The molecule has 0 heterocycles. The number of nitro groups is 1. The zero-order chi connectivity index (χ0) is 14.7. The summed E-state index contributed by atoms with van der Waals surface area (Å²) in [5, 5.41) is 16.4. The third kappa shape index (κ3) is 2.82. The quantitative estimate of drug-likeness (QED) is 0.662. The van der Waals surface area contributed by atoms with Gasteiger partial charge in [-0.3, -0.25) is 10.1 Å². The highest BCUT2D eigenvalue weighted by atomic mass is 19.1. The van der Waals surface area contributed by atoms with Gasteiger partial charge >= 0.3 is 5.69 Å². The molecular weight excluding hydrogens is 268 g/mol. The molecule has 2 aromatic carbocycles. The summed E-state index contributed by atoms with van der Waals surface area (Å²) in [6, 6.07) is 7.43. The first kappa shape index (κ1) is 13.7. The number of rotatable bonds is 4. The molecule has 2 N–H and O–H groups in total. The molecule has 104 valence electrons. The van der Waals surface area contributed by atoms with Crippen LogP contribution < -0.4 is 10.6 Å². The Kier molecular flexibility index (Phi) is 3.79. The number of anilines is 3. The smallest absolute Gasteiger partial charge is 0.315 e. The second-order valence-corrected chi connectivity index (χ2v) is 3.99. The van der Waals surface area contributed by atoms with Crippen LogP contribution in [0.2, 0.25) is 0 Å². The molecule has 0 aromatic heterocycles. The second kappa shape index (κ2) is 5.52. The van der Waals surface area contributed by atoms with E-state index in [1.165, 1.54) is 12.1 Å². The van der Waals surface area contributed by atoms with E-state index < -0.39 is 16.6 Å². The molecule has 0 fully saturated rings. The Morgan fingerprint density at radius 2 is 1.70 bits per heavy atom. The first-order chi connectivity index (χ1) is 9.51. The standard InChI is InChI=1S/C13H11F2N3O2/c1-16-11-3-2-4-12(13(11)18(19)20)17-10-6-8(14)5-9(15)7-10/h2-7,16-17H,1H3. The van der Waals surface area contributed by atoms with E-state index in [0.717, 1.165) is 18.2 Å². The molecule has 0 saturated carbocycles. The van der Waals surface area contributed by atoms with Gasteiger partial charge < -0.3 is 10.6 Å². The van der Waals surface area contributed by atoms with Crippen molar-refractivity contribution in [2.24, 2.45) is 0 Å². The van der Waals surface area contributed by atoms with Gasteiger partial charge in [-0.25, -0.2) is 8.78 Å². The summed E-state index contributed by atoms with van der Waals surface area (Å²) < 4.78 is 26.2. The third-order valence-corrected chi connectivity index (χ3v) is 2.63. The largest absolute Gasteiger partial charge is 0.382 e. The van der Waals surface area contributed by atoms with Crippen molar-refractivity contribution < 1.29 is 13.7 Å². The van der Waals surface area contributed by atoms with Crippen molar-refractivity contribution in [2.45, 2.75) is 0 Å². The molecule has 5 nitrogen and oxygen atoms in total. The minimum Gasteiger partial charge on any atom is -0.382 e. The predicted octanol–water partition coefficient (Wildman–Crippen LogP) is 3.66. The molecule has 0 aliphatic heterocycles. The topological polar surface area (TPSA) is 67.2 Å². The monoisotopic (exact) mass is 279 g/mol. The lowest BCUT2D eigenvalue weighted by Gasteiger charge is -2.10. The Morgan fingerprint density at radius 3 is 2.25 bits per heavy atom. The Bertz CT molecular complexity index is 642. The Morgan fingerprint density at radius 1 is 1.10 bits per heavy atom. The Balaban J connectivity index is 2.45. The van der Waals surface area contributed by atoms with Crippen LogP contribution in [-0.4, -0.2) is 12.0 Å². The number of halogens is 2. The minimum atomic E-state index is -0.764. The lowest BCUT2D eigenvalue weighted by atomic mass is 10.2. The zero-order valence-electron chi connectivity index (χ0n) is 10.5. The second-order valence-electron chi connectivity index (χ2n) is 3.99. The molecule has 2 rings (SSSR count). The van der Waals surface area contributed by atoms with Gasteiger partial charge in [0, 0.05) is 18.8 Å². The van der Waals surface area contributed by atoms with Crippen LogP contribution in [0.15, 0.2) is 36.4 Å². The number of hydrogen-bond acceptors (Lipinski definition) is 4. The van der Waals surface area contributed by atoms with Gasteiger partial charge in [0.05, 0.1) is 4.92 Å². The summed E-state index contributed by atoms with van der Waals surface area (Å²) in [6.07, 6.45) is 0. The number of nitrogens with zero attached hydrogens (tertiary/aromatic N) is 1. The average Bonchev–Trinajstić information content (AvgIpc) is 2.36. The molecule has 0 unspecified atom stereocenters. The van der Waals surface area contributed by atoms with E-state index in [1.807, 2.05) is 0 Å². The highest BCUT2D eigenvalue weighted by Gasteiger charge is 2.19. The summed E-state index contributed by atoms with van der Waals surface area (Å²) in [6.45, 7) is 0. The molecule has 0 amide bonds. The van der Waals surface area contributed by atoms with E-state index in [-0.39, 0.29) is 17.1 Å². The molecule has 0 aliphatic carbocycles. The van der Waals surface area contributed by atoms with Gasteiger partial charge in [0.2, 0.25) is 0 Å². The number of hydrogen-bond donors (Lipinski definition) is 2.